The Bertz CT molecular complexity index is 586. The van der Waals surface area contributed by atoms with Crippen LogP contribution in [0.25, 0.3) is 0 Å². The Morgan fingerprint density at radius 2 is 1.75 bits per heavy atom. The summed E-state index contributed by atoms with van der Waals surface area (Å²) in [5.41, 5.74) is 0.477. The first kappa shape index (κ1) is 18.2. The summed E-state index contributed by atoms with van der Waals surface area (Å²) in [7, 11) is 0. The van der Waals surface area contributed by atoms with Crippen molar-refractivity contribution in [2.24, 2.45) is 11.8 Å². The van der Waals surface area contributed by atoms with Crippen LogP contribution < -0.4 is 10.1 Å². The molecule has 0 saturated heterocycles. The van der Waals surface area contributed by atoms with Gasteiger partial charge in [0.25, 0.3) is 0 Å². The van der Waals surface area contributed by atoms with Crippen LogP contribution in [0.15, 0.2) is 24.3 Å². The van der Waals surface area contributed by atoms with Gasteiger partial charge >= 0.3 is 12.6 Å². The average Bonchev–Trinajstić information content (AvgIpc) is 2.54. The number of rotatable bonds is 6. The molecule has 1 aliphatic rings. The van der Waals surface area contributed by atoms with Crippen LogP contribution in [0.3, 0.4) is 0 Å². The van der Waals surface area contributed by atoms with Gasteiger partial charge in [-0.05, 0) is 38.7 Å². The second-order valence-electron chi connectivity index (χ2n) is 6.03. The number of amides is 1. The Balaban J connectivity index is 1.96. The highest BCUT2D eigenvalue weighted by Gasteiger charge is 2.30. The number of carbonyl (C=O) groups excluding carboxylic acids is 1. The van der Waals surface area contributed by atoms with Gasteiger partial charge in [-0.25, -0.2) is 0 Å². The minimum Gasteiger partial charge on any atom is -0.481 e. The molecule has 1 unspecified atom stereocenters. The van der Waals surface area contributed by atoms with E-state index in [1.54, 1.807) is 25.1 Å². The van der Waals surface area contributed by atoms with Gasteiger partial charge in [0, 0.05) is 11.5 Å². The molecule has 5 nitrogen and oxygen atoms in total. The molecule has 0 aromatic heterocycles. The first-order chi connectivity index (χ1) is 11.4. The SMILES string of the molecule is CC(NC(=O)C1CCC(C(=O)O)CC1)c1ccccc1OC(F)F. The van der Waals surface area contributed by atoms with Crippen LogP contribution in [-0.4, -0.2) is 23.6 Å². The highest BCUT2D eigenvalue weighted by atomic mass is 19.3. The number of carboxylic acids is 1. The lowest BCUT2D eigenvalue weighted by atomic mass is 9.81. The minimum atomic E-state index is -2.93. The molecule has 0 spiro atoms. The topological polar surface area (TPSA) is 75.6 Å². The zero-order valence-electron chi connectivity index (χ0n) is 13.4. The molecule has 1 aliphatic carbocycles. The van der Waals surface area contributed by atoms with Crippen molar-refractivity contribution in [2.45, 2.75) is 45.3 Å². The van der Waals surface area contributed by atoms with E-state index >= 15 is 0 Å². The molecule has 1 aromatic rings. The minimum absolute atomic E-state index is 0.0369. The first-order valence-corrected chi connectivity index (χ1v) is 7.95. The van der Waals surface area contributed by atoms with E-state index in [0.717, 1.165) is 0 Å². The summed E-state index contributed by atoms with van der Waals surface area (Å²) in [6, 6.07) is 5.86. The monoisotopic (exact) mass is 341 g/mol. The normalized spacial score (nSPS) is 22.0. The Morgan fingerprint density at radius 1 is 1.17 bits per heavy atom. The predicted octanol–water partition coefficient (Wildman–Crippen LogP) is 3.36. The summed E-state index contributed by atoms with van der Waals surface area (Å²) in [5.74, 6) is -1.59. The predicted molar refractivity (Wildman–Crippen MR) is 82.7 cm³/mol. The molecule has 0 radical (unpaired) electrons. The van der Waals surface area contributed by atoms with Gasteiger partial charge in [-0.2, -0.15) is 8.78 Å². The number of alkyl halides is 2. The van der Waals surface area contributed by atoms with Gasteiger partial charge in [-0.3, -0.25) is 9.59 Å². The van der Waals surface area contributed by atoms with Crippen LogP contribution in [0, 0.1) is 11.8 Å². The Morgan fingerprint density at radius 3 is 2.33 bits per heavy atom. The van der Waals surface area contributed by atoms with Crippen molar-refractivity contribution in [3.05, 3.63) is 29.8 Å². The van der Waals surface area contributed by atoms with Gasteiger partial charge < -0.3 is 15.2 Å². The molecule has 132 valence electrons. The Hall–Kier alpha value is -2.18. The summed E-state index contributed by atoms with van der Waals surface area (Å²) in [5, 5.41) is 11.8. The molecule has 1 atom stereocenters. The van der Waals surface area contributed by atoms with E-state index < -0.39 is 18.6 Å². The molecule has 2 N–H and O–H groups in total. The fraction of sp³-hybridized carbons (Fsp3) is 0.529. The van der Waals surface area contributed by atoms with Crippen LogP contribution in [0.4, 0.5) is 8.78 Å². The lowest BCUT2D eigenvalue weighted by molar-refractivity contribution is -0.144. The molecular weight excluding hydrogens is 320 g/mol. The van der Waals surface area contributed by atoms with E-state index in [4.69, 9.17) is 5.11 Å². The van der Waals surface area contributed by atoms with Gasteiger partial charge in [-0.15, -0.1) is 0 Å². The van der Waals surface area contributed by atoms with Crippen molar-refractivity contribution in [3.63, 3.8) is 0 Å². The maximum atomic E-state index is 12.5. The number of aliphatic carboxylic acids is 1. The fourth-order valence-electron chi connectivity index (χ4n) is 3.05. The molecule has 1 aromatic carbocycles. The summed E-state index contributed by atoms with van der Waals surface area (Å²) in [6.45, 7) is -1.23. The van der Waals surface area contributed by atoms with Gasteiger partial charge in [-0.1, -0.05) is 18.2 Å². The van der Waals surface area contributed by atoms with Crippen molar-refractivity contribution < 1.29 is 28.2 Å². The van der Waals surface area contributed by atoms with E-state index in [0.29, 0.717) is 31.2 Å². The summed E-state index contributed by atoms with van der Waals surface area (Å²) < 4.78 is 29.4. The van der Waals surface area contributed by atoms with Crippen LogP contribution in [0.2, 0.25) is 0 Å². The Labute approximate surface area is 139 Å². The molecule has 1 fully saturated rings. The maximum Gasteiger partial charge on any atom is 0.387 e. The number of para-hydroxylation sites is 1. The smallest absolute Gasteiger partial charge is 0.387 e. The van der Waals surface area contributed by atoms with Gasteiger partial charge in [0.1, 0.15) is 5.75 Å². The second kappa shape index (κ2) is 8.08. The van der Waals surface area contributed by atoms with E-state index in [1.807, 2.05) is 0 Å². The third-order valence-corrected chi connectivity index (χ3v) is 4.41. The molecule has 0 aliphatic heterocycles. The lowest BCUT2D eigenvalue weighted by Crippen LogP contribution is -2.36. The molecule has 1 amide bonds. The van der Waals surface area contributed by atoms with Crippen LogP contribution in [0.5, 0.6) is 5.75 Å². The third kappa shape index (κ3) is 4.66. The zero-order chi connectivity index (χ0) is 17.7. The van der Waals surface area contributed by atoms with Crippen molar-refractivity contribution in [2.75, 3.05) is 0 Å². The number of halogens is 2. The highest BCUT2D eigenvalue weighted by molar-refractivity contribution is 5.79. The fourth-order valence-corrected chi connectivity index (χ4v) is 3.05. The lowest BCUT2D eigenvalue weighted by Gasteiger charge is -2.27. The van der Waals surface area contributed by atoms with Crippen LogP contribution in [0.1, 0.15) is 44.2 Å². The third-order valence-electron chi connectivity index (χ3n) is 4.41. The summed E-state index contributed by atoms with van der Waals surface area (Å²) in [6.07, 6.45) is 2.00. The van der Waals surface area contributed by atoms with Crippen molar-refractivity contribution >= 4 is 11.9 Å². The number of ether oxygens (including phenoxy) is 1. The van der Waals surface area contributed by atoms with Crippen LogP contribution >= 0.6 is 0 Å². The zero-order valence-corrected chi connectivity index (χ0v) is 13.4. The van der Waals surface area contributed by atoms with Gasteiger partial charge in [0.15, 0.2) is 0 Å². The molecular formula is C17H21F2NO4. The van der Waals surface area contributed by atoms with E-state index in [2.05, 4.69) is 10.1 Å². The van der Waals surface area contributed by atoms with Crippen molar-refractivity contribution in [1.82, 2.24) is 5.32 Å². The maximum absolute atomic E-state index is 12.5. The van der Waals surface area contributed by atoms with Crippen molar-refractivity contribution in [1.29, 1.82) is 0 Å². The highest BCUT2D eigenvalue weighted by Crippen LogP contribution is 2.31. The molecule has 2 rings (SSSR count). The number of benzene rings is 1. The van der Waals surface area contributed by atoms with E-state index in [9.17, 15) is 18.4 Å². The average molecular weight is 341 g/mol. The summed E-state index contributed by atoms with van der Waals surface area (Å²) in [4.78, 5) is 23.3. The molecule has 24 heavy (non-hydrogen) atoms. The molecule has 1 saturated carbocycles. The Kier molecular flexibility index (Phi) is 6.11. The second-order valence-corrected chi connectivity index (χ2v) is 6.03. The van der Waals surface area contributed by atoms with Gasteiger partial charge in [0.2, 0.25) is 5.91 Å². The molecule has 0 bridgehead atoms. The first-order valence-electron chi connectivity index (χ1n) is 7.95. The van der Waals surface area contributed by atoms with E-state index in [-0.39, 0.29) is 23.5 Å². The largest absolute Gasteiger partial charge is 0.481 e. The number of carboxylic acid groups (broad SMARTS) is 1. The number of hydrogen-bond acceptors (Lipinski definition) is 3. The van der Waals surface area contributed by atoms with Gasteiger partial charge in [0.05, 0.1) is 12.0 Å². The van der Waals surface area contributed by atoms with Crippen LogP contribution in [-0.2, 0) is 9.59 Å². The number of carbonyl (C=O) groups is 2. The number of nitrogens with one attached hydrogen (secondary N) is 1. The van der Waals surface area contributed by atoms with Crippen molar-refractivity contribution in [3.8, 4) is 5.75 Å². The standard InChI is InChI=1S/C17H21F2NO4/c1-10(13-4-2-3-5-14(13)24-17(18)19)20-15(21)11-6-8-12(9-7-11)16(22)23/h2-5,10-12,17H,6-9H2,1H3,(H,20,21)(H,22,23). The summed E-state index contributed by atoms with van der Waals surface area (Å²) >= 11 is 0. The number of hydrogen-bond donors (Lipinski definition) is 2. The quantitative estimate of drug-likeness (QED) is 0.832. The molecule has 7 heteroatoms. The van der Waals surface area contributed by atoms with E-state index in [1.165, 1.54) is 6.07 Å². The molecule has 0 heterocycles.